The summed E-state index contributed by atoms with van der Waals surface area (Å²) in [5.74, 6) is 0.269. The SMILES string of the molecule is Cc1cc(C(=O)NC(C(N)=S)C2CCCCC2)ccc1Br. The molecular weight excluding hydrogens is 348 g/mol. The molecule has 1 aromatic carbocycles. The van der Waals surface area contributed by atoms with Crippen LogP contribution < -0.4 is 11.1 Å². The highest BCUT2D eigenvalue weighted by Crippen LogP contribution is 2.27. The van der Waals surface area contributed by atoms with Gasteiger partial charge >= 0.3 is 0 Å². The minimum absolute atomic E-state index is 0.103. The molecule has 0 radical (unpaired) electrons. The van der Waals surface area contributed by atoms with Crippen LogP contribution in [0.5, 0.6) is 0 Å². The lowest BCUT2D eigenvalue weighted by Gasteiger charge is -2.30. The monoisotopic (exact) mass is 368 g/mol. The smallest absolute Gasteiger partial charge is 0.251 e. The predicted molar refractivity (Wildman–Crippen MR) is 93.5 cm³/mol. The van der Waals surface area contributed by atoms with E-state index in [9.17, 15) is 4.79 Å². The number of rotatable bonds is 4. The van der Waals surface area contributed by atoms with Crippen LogP contribution in [0.4, 0.5) is 0 Å². The van der Waals surface area contributed by atoms with E-state index in [0.717, 1.165) is 22.9 Å². The van der Waals surface area contributed by atoms with Crippen LogP contribution in [0, 0.1) is 12.8 Å². The van der Waals surface area contributed by atoms with E-state index < -0.39 is 0 Å². The molecule has 0 aliphatic heterocycles. The third kappa shape index (κ3) is 4.27. The lowest BCUT2D eigenvalue weighted by molar-refractivity contribution is 0.0932. The molecule has 1 fully saturated rings. The average molecular weight is 369 g/mol. The van der Waals surface area contributed by atoms with Gasteiger partial charge in [0.25, 0.3) is 5.91 Å². The Morgan fingerprint density at radius 2 is 2.05 bits per heavy atom. The minimum Gasteiger partial charge on any atom is -0.392 e. The third-order valence-corrected chi connectivity index (χ3v) is 5.28. The van der Waals surface area contributed by atoms with Crippen LogP contribution in [-0.2, 0) is 0 Å². The van der Waals surface area contributed by atoms with E-state index >= 15 is 0 Å². The van der Waals surface area contributed by atoms with Gasteiger partial charge in [-0.15, -0.1) is 0 Å². The average Bonchev–Trinajstić information content (AvgIpc) is 2.48. The molecule has 1 atom stereocenters. The molecule has 0 aromatic heterocycles. The number of halogens is 1. The zero-order valence-corrected chi connectivity index (χ0v) is 14.6. The van der Waals surface area contributed by atoms with E-state index in [1.165, 1.54) is 19.3 Å². The van der Waals surface area contributed by atoms with E-state index in [-0.39, 0.29) is 11.9 Å². The number of nitrogens with one attached hydrogen (secondary N) is 1. The number of carbonyl (C=O) groups excluding carboxylic acids is 1. The Kier molecular flexibility index (Phi) is 5.76. The Bertz CT molecular complexity index is 541. The van der Waals surface area contributed by atoms with Gasteiger partial charge in [0.15, 0.2) is 0 Å². The van der Waals surface area contributed by atoms with Crippen molar-refractivity contribution in [2.75, 3.05) is 0 Å². The van der Waals surface area contributed by atoms with Crippen molar-refractivity contribution in [3.63, 3.8) is 0 Å². The second kappa shape index (κ2) is 7.36. The topological polar surface area (TPSA) is 55.1 Å². The molecule has 1 saturated carbocycles. The number of nitrogens with two attached hydrogens (primary N) is 1. The number of carbonyl (C=O) groups is 1. The van der Waals surface area contributed by atoms with Crippen molar-refractivity contribution < 1.29 is 4.79 Å². The van der Waals surface area contributed by atoms with Crippen LogP contribution in [-0.4, -0.2) is 16.9 Å². The van der Waals surface area contributed by atoms with Crippen molar-refractivity contribution in [1.82, 2.24) is 5.32 Å². The number of hydrogen-bond donors (Lipinski definition) is 2. The second-order valence-corrected chi connectivity index (χ2v) is 7.04. The molecule has 5 heteroatoms. The first-order chi connectivity index (χ1) is 9.99. The quantitative estimate of drug-likeness (QED) is 0.796. The highest BCUT2D eigenvalue weighted by molar-refractivity contribution is 9.10. The zero-order chi connectivity index (χ0) is 15.4. The summed E-state index contributed by atoms with van der Waals surface area (Å²) in [5, 5.41) is 3.03. The fraction of sp³-hybridized carbons (Fsp3) is 0.500. The standard InChI is InChI=1S/C16H21BrN2OS/c1-10-9-12(7-8-13(10)17)16(20)19-14(15(18)21)11-5-3-2-4-6-11/h7-9,11,14H,2-6H2,1H3,(H2,18,21)(H,19,20). The van der Waals surface area contributed by atoms with Crippen LogP contribution >= 0.6 is 28.1 Å². The molecule has 114 valence electrons. The van der Waals surface area contributed by atoms with Crippen molar-refractivity contribution in [3.05, 3.63) is 33.8 Å². The highest BCUT2D eigenvalue weighted by Gasteiger charge is 2.27. The molecular formula is C16H21BrN2OS. The summed E-state index contributed by atoms with van der Waals surface area (Å²) >= 11 is 8.61. The number of benzene rings is 1. The Hall–Kier alpha value is -0.940. The number of aryl methyl sites for hydroxylation is 1. The third-order valence-electron chi connectivity index (χ3n) is 4.13. The Morgan fingerprint density at radius 1 is 1.38 bits per heavy atom. The molecule has 0 saturated heterocycles. The van der Waals surface area contributed by atoms with Gasteiger partial charge in [0, 0.05) is 10.0 Å². The summed E-state index contributed by atoms with van der Waals surface area (Å²) in [6, 6.07) is 5.37. The Morgan fingerprint density at radius 3 is 2.62 bits per heavy atom. The first kappa shape index (κ1) is 16.4. The van der Waals surface area contributed by atoms with Crippen LogP contribution in [0.2, 0.25) is 0 Å². The zero-order valence-electron chi connectivity index (χ0n) is 12.2. The van der Waals surface area contributed by atoms with Crippen molar-refractivity contribution in [1.29, 1.82) is 0 Å². The molecule has 0 spiro atoms. The molecule has 1 aliphatic carbocycles. The summed E-state index contributed by atoms with van der Waals surface area (Å²) in [4.78, 5) is 12.8. The minimum atomic E-state index is -0.197. The molecule has 1 aromatic rings. The van der Waals surface area contributed by atoms with Gasteiger partial charge < -0.3 is 11.1 Å². The predicted octanol–water partition coefficient (Wildman–Crippen LogP) is 3.72. The fourth-order valence-corrected chi connectivity index (χ4v) is 3.40. The van der Waals surface area contributed by atoms with Gasteiger partial charge in [-0.25, -0.2) is 0 Å². The first-order valence-electron chi connectivity index (χ1n) is 7.35. The second-order valence-electron chi connectivity index (χ2n) is 5.72. The maximum absolute atomic E-state index is 12.4. The van der Waals surface area contributed by atoms with Gasteiger partial charge in [0.2, 0.25) is 0 Å². The highest BCUT2D eigenvalue weighted by atomic mass is 79.9. The van der Waals surface area contributed by atoms with E-state index in [1.54, 1.807) is 0 Å². The Labute approximate surface area is 139 Å². The van der Waals surface area contributed by atoms with Crippen LogP contribution in [0.3, 0.4) is 0 Å². The summed E-state index contributed by atoms with van der Waals surface area (Å²) < 4.78 is 0.997. The van der Waals surface area contributed by atoms with Gasteiger partial charge in [-0.3, -0.25) is 4.79 Å². The van der Waals surface area contributed by atoms with E-state index in [4.69, 9.17) is 18.0 Å². The van der Waals surface area contributed by atoms with Gasteiger partial charge in [-0.1, -0.05) is 47.4 Å². The molecule has 21 heavy (non-hydrogen) atoms. The lowest BCUT2D eigenvalue weighted by Crippen LogP contribution is -2.48. The van der Waals surface area contributed by atoms with E-state index in [2.05, 4.69) is 21.2 Å². The largest absolute Gasteiger partial charge is 0.392 e. The maximum atomic E-state index is 12.4. The molecule has 1 unspecified atom stereocenters. The molecule has 2 rings (SSSR count). The van der Waals surface area contributed by atoms with E-state index in [1.807, 2.05) is 25.1 Å². The molecule has 3 nitrogen and oxygen atoms in total. The van der Waals surface area contributed by atoms with Crippen molar-refractivity contribution >= 4 is 39.0 Å². The molecule has 1 amide bonds. The van der Waals surface area contributed by atoms with Crippen molar-refractivity contribution in [2.45, 2.75) is 45.1 Å². The number of hydrogen-bond acceptors (Lipinski definition) is 2. The lowest BCUT2D eigenvalue weighted by atomic mass is 9.83. The first-order valence-corrected chi connectivity index (χ1v) is 8.55. The van der Waals surface area contributed by atoms with Crippen molar-refractivity contribution in [3.8, 4) is 0 Å². The van der Waals surface area contributed by atoms with Crippen LogP contribution in [0.25, 0.3) is 0 Å². The summed E-state index contributed by atoms with van der Waals surface area (Å²) in [7, 11) is 0. The summed E-state index contributed by atoms with van der Waals surface area (Å²) in [5.41, 5.74) is 7.54. The molecule has 0 bridgehead atoms. The van der Waals surface area contributed by atoms with Gasteiger partial charge in [0.1, 0.15) is 0 Å². The number of amides is 1. The number of thiocarbonyl (C=S) groups is 1. The summed E-state index contributed by atoms with van der Waals surface area (Å²) in [6.07, 6.45) is 5.82. The van der Waals surface area contributed by atoms with Gasteiger partial charge in [0.05, 0.1) is 11.0 Å². The summed E-state index contributed by atoms with van der Waals surface area (Å²) in [6.45, 7) is 1.97. The van der Waals surface area contributed by atoms with Crippen LogP contribution in [0.15, 0.2) is 22.7 Å². The van der Waals surface area contributed by atoms with Crippen molar-refractivity contribution in [2.24, 2.45) is 11.7 Å². The Balaban J connectivity index is 2.10. The molecule has 3 N–H and O–H groups in total. The van der Waals surface area contributed by atoms with Crippen LogP contribution in [0.1, 0.15) is 48.0 Å². The maximum Gasteiger partial charge on any atom is 0.251 e. The molecule has 1 aliphatic rings. The molecule has 0 heterocycles. The van der Waals surface area contributed by atoms with E-state index in [0.29, 0.717) is 16.5 Å². The van der Waals surface area contributed by atoms with Gasteiger partial charge in [-0.2, -0.15) is 0 Å². The normalized spacial score (nSPS) is 17.2. The van der Waals surface area contributed by atoms with Gasteiger partial charge in [-0.05, 0) is 49.4 Å². The fourth-order valence-electron chi connectivity index (χ4n) is 2.90.